The van der Waals surface area contributed by atoms with Crippen LogP contribution in [-0.4, -0.2) is 11.9 Å². The van der Waals surface area contributed by atoms with Gasteiger partial charge < -0.3 is 4.74 Å². The average molecular weight is 182 g/mol. The van der Waals surface area contributed by atoms with Gasteiger partial charge in [0.05, 0.1) is 12.7 Å². The summed E-state index contributed by atoms with van der Waals surface area (Å²) in [7, 11) is 0. The van der Waals surface area contributed by atoms with Crippen LogP contribution in [0, 0.1) is 0 Å². The largest absolute Gasteiger partial charge is 0.372 e. The van der Waals surface area contributed by atoms with Crippen LogP contribution in [0.5, 0.6) is 0 Å². The van der Waals surface area contributed by atoms with E-state index in [1.165, 1.54) is 4.88 Å². The number of ketones is 1. The minimum atomic E-state index is 0.194. The molecule has 3 heteroatoms. The van der Waals surface area contributed by atoms with Crippen molar-refractivity contribution in [1.29, 1.82) is 0 Å². The van der Waals surface area contributed by atoms with Crippen molar-refractivity contribution in [3.8, 4) is 0 Å². The van der Waals surface area contributed by atoms with E-state index < -0.39 is 0 Å². The predicted molar refractivity (Wildman–Crippen MR) is 47.1 cm³/mol. The van der Waals surface area contributed by atoms with Crippen molar-refractivity contribution in [3.63, 3.8) is 0 Å². The van der Waals surface area contributed by atoms with Crippen LogP contribution in [-0.2, 0) is 16.1 Å². The van der Waals surface area contributed by atoms with Crippen molar-refractivity contribution in [2.75, 3.05) is 0 Å². The first-order valence-electron chi connectivity index (χ1n) is 4.00. The van der Waals surface area contributed by atoms with Crippen LogP contribution in [0.2, 0.25) is 0 Å². The maximum atomic E-state index is 10.6. The lowest BCUT2D eigenvalue weighted by Gasteiger charge is -2.23. The van der Waals surface area contributed by atoms with Gasteiger partial charge in [-0.15, -0.1) is 11.3 Å². The zero-order valence-corrected chi connectivity index (χ0v) is 7.47. The molecule has 64 valence electrons. The second-order valence-corrected chi connectivity index (χ2v) is 3.99. The molecule has 0 N–H and O–H groups in total. The molecule has 0 aliphatic heterocycles. The molecule has 0 atom stereocenters. The summed E-state index contributed by atoms with van der Waals surface area (Å²) < 4.78 is 5.48. The van der Waals surface area contributed by atoms with Gasteiger partial charge >= 0.3 is 0 Å². The van der Waals surface area contributed by atoms with Gasteiger partial charge in [0.1, 0.15) is 5.78 Å². The molecule has 12 heavy (non-hydrogen) atoms. The lowest BCUT2D eigenvalue weighted by Crippen LogP contribution is -2.30. The summed E-state index contributed by atoms with van der Waals surface area (Å²) in [6.45, 7) is 0.662. The van der Waals surface area contributed by atoms with E-state index >= 15 is 0 Å². The van der Waals surface area contributed by atoms with Crippen LogP contribution in [0.25, 0.3) is 0 Å². The van der Waals surface area contributed by atoms with E-state index in [1.54, 1.807) is 11.3 Å². The maximum Gasteiger partial charge on any atom is 0.138 e. The quantitative estimate of drug-likeness (QED) is 0.714. The second kappa shape index (κ2) is 3.37. The monoisotopic (exact) mass is 182 g/mol. The molecule has 1 saturated carbocycles. The highest BCUT2D eigenvalue weighted by atomic mass is 32.1. The van der Waals surface area contributed by atoms with Gasteiger partial charge in [0.25, 0.3) is 0 Å². The highest BCUT2D eigenvalue weighted by Crippen LogP contribution is 2.20. The van der Waals surface area contributed by atoms with Crippen molar-refractivity contribution in [1.82, 2.24) is 0 Å². The van der Waals surface area contributed by atoms with Crippen molar-refractivity contribution < 1.29 is 9.53 Å². The third kappa shape index (κ3) is 1.73. The molecule has 0 unspecified atom stereocenters. The maximum absolute atomic E-state index is 10.6. The van der Waals surface area contributed by atoms with E-state index in [4.69, 9.17) is 4.74 Å². The van der Waals surface area contributed by atoms with Gasteiger partial charge in [-0.05, 0) is 11.4 Å². The van der Waals surface area contributed by atoms with Gasteiger partial charge in [0.15, 0.2) is 0 Å². The van der Waals surface area contributed by atoms with Crippen LogP contribution in [0.4, 0.5) is 0 Å². The van der Waals surface area contributed by atoms with E-state index in [0.717, 1.165) is 0 Å². The van der Waals surface area contributed by atoms with Crippen LogP contribution in [0.15, 0.2) is 17.5 Å². The molecule has 2 rings (SSSR count). The van der Waals surface area contributed by atoms with E-state index in [-0.39, 0.29) is 6.10 Å². The van der Waals surface area contributed by atoms with Crippen molar-refractivity contribution in [2.24, 2.45) is 0 Å². The Morgan fingerprint density at radius 2 is 2.42 bits per heavy atom. The van der Waals surface area contributed by atoms with Gasteiger partial charge in [-0.3, -0.25) is 4.79 Å². The smallest absolute Gasteiger partial charge is 0.138 e. The Kier molecular flexibility index (Phi) is 2.23. The summed E-state index contributed by atoms with van der Waals surface area (Å²) in [6, 6.07) is 4.06. The fraction of sp³-hybridized carbons (Fsp3) is 0.444. The number of carbonyl (C=O) groups excluding carboxylic acids is 1. The van der Waals surface area contributed by atoms with E-state index in [0.29, 0.717) is 25.2 Å². The lowest BCUT2D eigenvalue weighted by atomic mass is 9.94. The second-order valence-electron chi connectivity index (χ2n) is 2.96. The molecule has 1 aliphatic carbocycles. The lowest BCUT2D eigenvalue weighted by molar-refractivity contribution is -0.135. The Morgan fingerprint density at radius 3 is 3.00 bits per heavy atom. The third-order valence-corrected chi connectivity index (χ3v) is 2.80. The number of hydrogen-bond donors (Lipinski definition) is 0. The molecule has 1 fully saturated rings. The van der Waals surface area contributed by atoms with Crippen LogP contribution in [0.3, 0.4) is 0 Å². The number of thiophene rings is 1. The number of Topliss-reactive ketones (excluding diaryl/α,β-unsaturated/α-hetero) is 1. The third-order valence-electron chi connectivity index (χ3n) is 1.95. The average Bonchev–Trinajstić information content (AvgIpc) is 2.47. The SMILES string of the molecule is O=C1CC(OCc2cccs2)C1. The summed E-state index contributed by atoms with van der Waals surface area (Å²) in [5.41, 5.74) is 0. The Morgan fingerprint density at radius 1 is 1.58 bits per heavy atom. The molecule has 1 aliphatic rings. The van der Waals surface area contributed by atoms with Crippen molar-refractivity contribution in [3.05, 3.63) is 22.4 Å². The molecule has 0 spiro atoms. The molecule has 0 aromatic carbocycles. The molecular formula is C9H10O2S. The zero-order valence-electron chi connectivity index (χ0n) is 6.66. The Bertz CT molecular complexity index is 258. The number of rotatable bonds is 3. The molecule has 0 amide bonds. The number of hydrogen-bond acceptors (Lipinski definition) is 3. The van der Waals surface area contributed by atoms with Crippen LogP contribution < -0.4 is 0 Å². The predicted octanol–water partition coefficient (Wildman–Crippen LogP) is 2.00. The molecule has 2 nitrogen and oxygen atoms in total. The summed E-state index contributed by atoms with van der Waals surface area (Å²) in [5, 5.41) is 2.03. The Labute approximate surface area is 75.2 Å². The molecule has 1 aromatic rings. The van der Waals surface area contributed by atoms with Crippen LogP contribution in [0.1, 0.15) is 17.7 Å². The summed E-state index contributed by atoms with van der Waals surface area (Å²) in [6.07, 6.45) is 1.43. The topological polar surface area (TPSA) is 26.3 Å². The van der Waals surface area contributed by atoms with Gasteiger partial charge in [-0.2, -0.15) is 0 Å². The first-order chi connectivity index (χ1) is 5.84. The van der Waals surface area contributed by atoms with Gasteiger partial charge in [-0.25, -0.2) is 0 Å². The van der Waals surface area contributed by atoms with Gasteiger partial charge in [0.2, 0.25) is 0 Å². The van der Waals surface area contributed by atoms with E-state index in [9.17, 15) is 4.79 Å². The number of carbonyl (C=O) groups is 1. The van der Waals surface area contributed by atoms with Gasteiger partial charge in [-0.1, -0.05) is 6.07 Å². The molecule has 1 aromatic heterocycles. The first-order valence-corrected chi connectivity index (χ1v) is 4.88. The Balaban J connectivity index is 1.73. The minimum Gasteiger partial charge on any atom is -0.372 e. The van der Waals surface area contributed by atoms with E-state index in [1.807, 2.05) is 17.5 Å². The molecule has 1 heterocycles. The molecular weight excluding hydrogens is 172 g/mol. The van der Waals surface area contributed by atoms with Crippen molar-refractivity contribution >= 4 is 17.1 Å². The molecule has 0 radical (unpaired) electrons. The molecule has 0 bridgehead atoms. The highest BCUT2D eigenvalue weighted by Gasteiger charge is 2.26. The first kappa shape index (κ1) is 7.95. The fourth-order valence-corrected chi connectivity index (χ4v) is 1.79. The summed E-state index contributed by atoms with van der Waals surface area (Å²) in [4.78, 5) is 11.8. The summed E-state index contributed by atoms with van der Waals surface area (Å²) in [5.74, 6) is 0.325. The highest BCUT2D eigenvalue weighted by molar-refractivity contribution is 7.09. The number of ether oxygens (including phenoxy) is 1. The normalized spacial score (nSPS) is 17.8. The Hall–Kier alpha value is -0.670. The van der Waals surface area contributed by atoms with Crippen molar-refractivity contribution in [2.45, 2.75) is 25.6 Å². The van der Waals surface area contributed by atoms with Crippen LogP contribution >= 0.6 is 11.3 Å². The van der Waals surface area contributed by atoms with E-state index in [2.05, 4.69) is 0 Å². The zero-order chi connectivity index (χ0) is 8.39. The minimum absolute atomic E-state index is 0.194. The molecule has 0 saturated heterocycles. The fourth-order valence-electron chi connectivity index (χ4n) is 1.16. The van der Waals surface area contributed by atoms with Gasteiger partial charge in [0, 0.05) is 17.7 Å². The standard InChI is InChI=1S/C9H10O2S/c10-7-4-8(5-7)11-6-9-2-1-3-12-9/h1-3,8H,4-6H2. The summed E-state index contributed by atoms with van der Waals surface area (Å²) >= 11 is 1.69.